The number of rotatable bonds is 3. The van der Waals surface area contributed by atoms with E-state index in [1.165, 1.54) is 6.07 Å². The first-order chi connectivity index (χ1) is 9.11. The van der Waals surface area contributed by atoms with Gasteiger partial charge in [-0.2, -0.15) is 5.26 Å². The van der Waals surface area contributed by atoms with Crippen molar-refractivity contribution in [3.8, 4) is 11.8 Å². The Morgan fingerprint density at radius 1 is 1.21 bits per heavy atom. The lowest BCUT2D eigenvalue weighted by atomic mass is 10.1. The van der Waals surface area contributed by atoms with Gasteiger partial charge in [0.25, 0.3) is 0 Å². The number of nitrogens with one attached hydrogen (secondary N) is 1. The van der Waals surface area contributed by atoms with E-state index >= 15 is 0 Å². The normalized spacial score (nSPS) is 9.95. The van der Waals surface area contributed by atoms with E-state index in [1.54, 1.807) is 24.3 Å². The average molecular weight is 293 g/mol. The van der Waals surface area contributed by atoms with E-state index < -0.39 is 0 Å². The number of halogens is 2. The largest absolute Gasteiger partial charge is 0.506 e. The van der Waals surface area contributed by atoms with Crippen LogP contribution in [-0.2, 0) is 6.54 Å². The minimum absolute atomic E-state index is 0.00648. The Morgan fingerprint density at radius 3 is 2.68 bits per heavy atom. The maximum absolute atomic E-state index is 9.83. The summed E-state index contributed by atoms with van der Waals surface area (Å²) < 4.78 is 0. The summed E-state index contributed by atoms with van der Waals surface area (Å²) in [6, 6.07) is 12.3. The molecule has 0 aromatic heterocycles. The van der Waals surface area contributed by atoms with E-state index in [9.17, 15) is 5.11 Å². The number of nitriles is 1. The van der Waals surface area contributed by atoms with Crippen molar-refractivity contribution in [1.82, 2.24) is 0 Å². The SMILES string of the molecule is N#Cc1ccccc1NCc1cc(Cl)cc(Cl)c1O. The maximum Gasteiger partial charge on any atom is 0.139 e. The highest BCUT2D eigenvalue weighted by atomic mass is 35.5. The van der Waals surface area contributed by atoms with Crippen molar-refractivity contribution >= 4 is 28.9 Å². The van der Waals surface area contributed by atoms with Gasteiger partial charge in [0.1, 0.15) is 11.8 Å². The van der Waals surface area contributed by atoms with Crippen LogP contribution in [0.5, 0.6) is 5.75 Å². The molecule has 2 rings (SSSR count). The van der Waals surface area contributed by atoms with Crippen LogP contribution in [-0.4, -0.2) is 5.11 Å². The van der Waals surface area contributed by atoms with E-state index in [4.69, 9.17) is 28.5 Å². The van der Waals surface area contributed by atoms with Crippen molar-refractivity contribution in [2.75, 3.05) is 5.32 Å². The molecule has 96 valence electrons. The zero-order valence-electron chi connectivity index (χ0n) is 9.82. The summed E-state index contributed by atoms with van der Waals surface area (Å²) in [6.45, 7) is 0.324. The standard InChI is InChI=1S/C14H10Cl2N2O/c15-11-5-10(14(19)12(16)6-11)8-18-13-4-2-1-3-9(13)7-17/h1-6,18-19H,8H2. The molecule has 0 aliphatic heterocycles. The second-order valence-corrected chi connectivity index (χ2v) is 4.75. The molecule has 0 saturated heterocycles. The fourth-order valence-electron chi connectivity index (χ4n) is 1.68. The molecule has 0 aliphatic rings. The summed E-state index contributed by atoms with van der Waals surface area (Å²) in [5.41, 5.74) is 1.81. The zero-order valence-corrected chi connectivity index (χ0v) is 11.3. The zero-order chi connectivity index (χ0) is 13.8. The Labute approximate surface area is 121 Å². The number of benzene rings is 2. The van der Waals surface area contributed by atoms with Gasteiger partial charge < -0.3 is 10.4 Å². The highest BCUT2D eigenvalue weighted by Crippen LogP contribution is 2.31. The second-order valence-electron chi connectivity index (χ2n) is 3.91. The molecule has 0 heterocycles. The molecule has 2 aromatic rings. The molecule has 0 saturated carbocycles. The van der Waals surface area contributed by atoms with Crippen LogP contribution in [0.3, 0.4) is 0 Å². The Morgan fingerprint density at radius 2 is 1.95 bits per heavy atom. The van der Waals surface area contributed by atoms with Crippen LogP contribution in [0.1, 0.15) is 11.1 Å². The Bertz CT molecular complexity index is 650. The van der Waals surface area contributed by atoms with Crippen molar-refractivity contribution in [3.63, 3.8) is 0 Å². The van der Waals surface area contributed by atoms with Crippen LogP contribution in [0.2, 0.25) is 10.0 Å². The van der Waals surface area contributed by atoms with Gasteiger partial charge in [0.2, 0.25) is 0 Å². The van der Waals surface area contributed by atoms with Crippen LogP contribution in [0.4, 0.5) is 5.69 Å². The lowest BCUT2D eigenvalue weighted by Gasteiger charge is -2.10. The quantitative estimate of drug-likeness (QED) is 0.892. The molecular formula is C14H10Cl2N2O. The number of nitrogens with zero attached hydrogens (tertiary/aromatic N) is 1. The van der Waals surface area contributed by atoms with Crippen LogP contribution in [0.25, 0.3) is 0 Å². The third-order valence-electron chi connectivity index (χ3n) is 2.62. The molecule has 0 aliphatic carbocycles. The minimum atomic E-state index is -0.00648. The van der Waals surface area contributed by atoms with Gasteiger partial charge in [0.05, 0.1) is 16.3 Å². The smallest absolute Gasteiger partial charge is 0.139 e. The van der Waals surface area contributed by atoms with Crippen LogP contribution in [0.15, 0.2) is 36.4 Å². The highest BCUT2D eigenvalue weighted by Gasteiger charge is 2.08. The van der Waals surface area contributed by atoms with Crippen LogP contribution < -0.4 is 5.32 Å². The number of aromatic hydroxyl groups is 1. The first-order valence-corrected chi connectivity index (χ1v) is 6.27. The van der Waals surface area contributed by atoms with E-state index in [0.29, 0.717) is 28.4 Å². The fraction of sp³-hybridized carbons (Fsp3) is 0.0714. The summed E-state index contributed by atoms with van der Waals surface area (Å²) in [5.74, 6) is -0.00648. The number of anilines is 1. The van der Waals surface area contributed by atoms with Crippen molar-refractivity contribution in [1.29, 1.82) is 5.26 Å². The fourth-order valence-corrected chi connectivity index (χ4v) is 2.21. The van der Waals surface area contributed by atoms with Crippen molar-refractivity contribution in [2.45, 2.75) is 6.54 Å². The van der Waals surface area contributed by atoms with E-state index in [0.717, 1.165) is 0 Å². The maximum atomic E-state index is 9.83. The van der Waals surface area contributed by atoms with E-state index in [-0.39, 0.29) is 10.8 Å². The van der Waals surface area contributed by atoms with Gasteiger partial charge in [-0.1, -0.05) is 35.3 Å². The van der Waals surface area contributed by atoms with Gasteiger partial charge in [-0.05, 0) is 24.3 Å². The van der Waals surface area contributed by atoms with Gasteiger partial charge in [-0.15, -0.1) is 0 Å². The second kappa shape index (κ2) is 5.83. The van der Waals surface area contributed by atoms with Gasteiger partial charge in [-0.25, -0.2) is 0 Å². The van der Waals surface area contributed by atoms with Crippen molar-refractivity contribution in [2.24, 2.45) is 0 Å². The Hall–Kier alpha value is -1.89. The molecule has 3 nitrogen and oxygen atoms in total. The number of hydrogen-bond donors (Lipinski definition) is 2. The Balaban J connectivity index is 2.22. The first-order valence-electron chi connectivity index (χ1n) is 5.51. The third-order valence-corrected chi connectivity index (χ3v) is 3.13. The number of phenolic OH excluding ortho intramolecular Hbond substituents is 1. The molecular weight excluding hydrogens is 283 g/mol. The molecule has 2 aromatic carbocycles. The first kappa shape index (κ1) is 13.5. The van der Waals surface area contributed by atoms with Crippen molar-refractivity contribution in [3.05, 3.63) is 57.6 Å². The predicted octanol–water partition coefficient (Wildman–Crippen LogP) is 4.18. The van der Waals surface area contributed by atoms with Crippen LogP contribution >= 0.6 is 23.2 Å². The molecule has 2 N–H and O–H groups in total. The summed E-state index contributed by atoms with van der Waals surface area (Å²) in [6.07, 6.45) is 0. The molecule has 19 heavy (non-hydrogen) atoms. The molecule has 5 heteroatoms. The van der Waals surface area contributed by atoms with Crippen LogP contribution in [0, 0.1) is 11.3 Å². The van der Waals surface area contributed by atoms with Gasteiger partial charge >= 0.3 is 0 Å². The molecule has 0 bridgehead atoms. The Kier molecular flexibility index (Phi) is 4.16. The van der Waals surface area contributed by atoms with E-state index in [1.807, 2.05) is 6.07 Å². The third kappa shape index (κ3) is 3.11. The number of para-hydroxylation sites is 1. The average Bonchev–Trinajstić information content (AvgIpc) is 2.41. The number of phenols is 1. The monoisotopic (exact) mass is 292 g/mol. The molecule has 0 radical (unpaired) electrons. The predicted molar refractivity (Wildman–Crippen MR) is 76.6 cm³/mol. The van der Waals surface area contributed by atoms with E-state index in [2.05, 4.69) is 11.4 Å². The van der Waals surface area contributed by atoms with Gasteiger partial charge in [0.15, 0.2) is 0 Å². The lowest BCUT2D eigenvalue weighted by molar-refractivity contribution is 0.469. The summed E-state index contributed by atoms with van der Waals surface area (Å²) in [7, 11) is 0. The summed E-state index contributed by atoms with van der Waals surface area (Å²) in [5, 5.41) is 22.5. The summed E-state index contributed by atoms with van der Waals surface area (Å²) in [4.78, 5) is 0. The topological polar surface area (TPSA) is 56.0 Å². The molecule has 0 unspecified atom stereocenters. The number of hydrogen-bond acceptors (Lipinski definition) is 3. The molecule has 0 spiro atoms. The lowest BCUT2D eigenvalue weighted by Crippen LogP contribution is -2.01. The molecule has 0 fully saturated rings. The minimum Gasteiger partial charge on any atom is -0.506 e. The molecule has 0 amide bonds. The van der Waals surface area contributed by atoms with Gasteiger partial charge in [0, 0.05) is 17.1 Å². The summed E-state index contributed by atoms with van der Waals surface area (Å²) >= 11 is 11.7. The van der Waals surface area contributed by atoms with Crippen molar-refractivity contribution < 1.29 is 5.11 Å². The molecule has 0 atom stereocenters. The highest BCUT2D eigenvalue weighted by molar-refractivity contribution is 6.35. The van der Waals surface area contributed by atoms with Gasteiger partial charge in [-0.3, -0.25) is 0 Å².